The second kappa shape index (κ2) is 9.56. The van der Waals surface area contributed by atoms with Gasteiger partial charge in [-0.15, -0.1) is 0 Å². The average molecular weight is 405 g/mol. The van der Waals surface area contributed by atoms with Crippen LogP contribution in [0.4, 0.5) is 5.69 Å². The Kier molecular flexibility index (Phi) is 6.64. The van der Waals surface area contributed by atoms with E-state index in [1.807, 2.05) is 26.0 Å². The zero-order valence-electron chi connectivity index (χ0n) is 16.8. The number of amides is 3. The minimum Gasteiger partial charge on any atom is -0.459 e. The zero-order chi connectivity index (χ0) is 21.5. The lowest BCUT2D eigenvalue weighted by Gasteiger charge is -2.09. The first-order valence-electron chi connectivity index (χ1n) is 9.52. The van der Waals surface area contributed by atoms with Gasteiger partial charge in [-0.2, -0.15) is 0 Å². The molecular formula is C23H23N3O4. The number of carbonyl (C=O) groups is 3. The molecule has 0 saturated heterocycles. The van der Waals surface area contributed by atoms with E-state index in [9.17, 15) is 14.4 Å². The van der Waals surface area contributed by atoms with Crippen molar-refractivity contribution in [2.24, 2.45) is 0 Å². The number of aryl methyl sites for hydroxylation is 2. The molecule has 0 radical (unpaired) electrons. The van der Waals surface area contributed by atoms with E-state index in [-0.39, 0.29) is 36.6 Å². The summed E-state index contributed by atoms with van der Waals surface area (Å²) in [4.78, 5) is 36.3. The molecule has 30 heavy (non-hydrogen) atoms. The van der Waals surface area contributed by atoms with Crippen molar-refractivity contribution in [3.05, 3.63) is 88.9 Å². The Labute approximate surface area is 174 Å². The normalized spacial score (nSPS) is 10.3. The highest BCUT2D eigenvalue weighted by molar-refractivity contribution is 6.04. The van der Waals surface area contributed by atoms with E-state index in [0.29, 0.717) is 16.8 Å². The van der Waals surface area contributed by atoms with Gasteiger partial charge in [0, 0.05) is 29.9 Å². The molecule has 7 heteroatoms. The van der Waals surface area contributed by atoms with Crippen molar-refractivity contribution < 1.29 is 18.8 Å². The topological polar surface area (TPSA) is 100 Å². The SMILES string of the molecule is Cc1ccc(C(=O)Nc2ccc(C(=O)NCCNC(=O)c3ccco3)cc2)cc1C. The van der Waals surface area contributed by atoms with Gasteiger partial charge in [0.1, 0.15) is 0 Å². The maximum absolute atomic E-state index is 12.4. The third-order valence-electron chi connectivity index (χ3n) is 4.62. The van der Waals surface area contributed by atoms with Crippen molar-refractivity contribution >= 4 is 23.4 Å². The number of hydrogen-bond donors (Lipinski definition) is 3. The van der Waals surface area contributed by atoms with Crippen molar-refractivity contribution in [1.82, 2.24) is 10.6 Å². The summed E-state index contributed by atoms with van der Waals surface area (Å²) in [6.07, 6.45) is 1.42. The lowest BCUT2D eigenvalue weighted by Crippen LogP contribution is -2.34. The largest absolute Gasteiger partial charge is 0.459 e. The maximum Gasteiger partial charge on any atom is 0.287 e. The van der Waals surface area contributed by atoms with E-state index in [2.05, 4.69) is 16.0 Å². The van der Waals surface area contributed by atoms with E-state index < -0.39 is 0 Å². The number of nitrogens with one attached hydrogen (secondary N) is 3. The van der Waals surface area contributed by atoms with Crippen LogP contribution in [0.25, 0.3) is 0 Å². The first kappa shape index (κ1) is 20.9. The maximum atomic E-state index is 12.4. The van der Waals surface area contributed by atoms with Crippen LogP contribution in [0, 0.1) is 13.8 Å². The number of rotatable bonds is 7. The Hall–Kier alpha value is -3.87. The molecule has 3 N–H and O–H groups in total. The second-order valence-corrected chi connectivity index (χ2v) is 6.82. The van der Waals surface area contributed by atoms with Gasteiger partial charge in [0.2, 0.25) is 0 Å². The van der Waals surface area contributed by atoms with Crippen LogP contribution in [0.2, 0.25) is 0 Å². The number of benzene rings is 2. The Morgan fingerprint density at radius 1 is 0.767 bits per heavy atom. The molecule has 3 rings (SSSR count). The van der Waals surface area contributed by atoms with Crippen LogP contribution in [0.1, 0.15) is 42.4 Å². The van der Waals surface area contributed by atoms with E-state index >= 15 is 0 Å². The molecule has 0 saturated carbocycles. The molecule has 1 aromatic heterocycles. The number of carbonyl (C=O) groups excluding carboxylic acids is 3. The van der Waals surface area contributed by atoms with Crippen LogP contribution in [-0.4, -0.2) is 30.8 Å². The van der Waals surface area contributed by atoms with Gasteiger partial charge in [-0.05, 0) is 73.5 Å². The molecule has 0 aliphatic rings. The van der Waals surface area contributed by atoms with Crippen LogP contribution >= 0.6 is 0 Å². The molecule has 3 aromatic rings. The predicted molar refractivity (Wildman–Crippen MR) is 114 cm³/mol. The Balaban J connectivity index is 1.47. The van der Waals surface area contributed by atoms with Crippen LogP contribution in [-0.2, 0) is 0 Å². The van der Waals surface area contributed by atoms with E-state index in [4.69, 9.17) is 4.42 Å². The molecule has 0 aliphatic carbocycles. The molecule has 0 aliphatic heterocycles. The van der Waals surface area contributed by atoms with Crippen LogP contribution < -0.4 is 16.0 Å². The number of hydrogen-bond acceptors (Lipinski definition) is 4. The van der Waals surface area contributed by atoms with E-state index in [1.165, 1.54) is 6.26 Å². The first-order valence-corrected chi connectivity index (χ1v) is 9.52. The van der Waals surface area contributed by atoms with Gasteiger partial charge in [0.25, 0.3) is 17.7 Å². The molecule has 154 valence electrons. The molecule has 0 atom stereocenters. The highest BCUT2D eigenvalue weighted by atomic mass is 16.3. The van der Waals surface area contributed by atoms with Gasteiger partial charge >= 0.3 is 0 Å². The predicted octanol–water partition coefficient (Wildman–Crippen LogP) is 3.31. The minimum absolute atomic E-state index is 0.206. The second-order valence-electron chi connectivity index (χ2n) is 6.82. The van der Waals surface area contributed by atoms with Crippen molar-refractivity contribution in [2.45, 2.75) is 13.8 Å². The lowest BCUT2D eigenvalue weighted by atomic mass is 10.1. The quantitative estimate of drug-likeness (QED) is 0.525. The Bertz CT molecular complexity index is 1040. The molecule has 2 aromatic carbocycles. The fourth-order valence-corrected chi connectivity index (χ4v) is 2.74. The Morgan fingerprint density at radius 2 is 1.43 bits per heavy atom. The molecular weight excluding hydrogens is 382 g/mol. The van der Waals surface area contributed by atoms with Crippen molar-refractivity contribution in [1.29, 1.82) is 0 Å². The van der Waals surface area contributed by atoms with Gasteiger partial charge in [-0.3, -0.25) is 14.4 Å². The Morgan fingerprint density at radius 3 is 2.07 bits per heavy atom. The molecule has 0 bridgehead atoms. The summed E-state index contributed by atoms with van der Waals surface area (Å²) in [5.41, 5.74) is 3.81. The van der Waals surface area contributed by atoms with Crippen molar-refractivity contribution in [3.63, 3.8) is 0 Å². The summed E-state index contributed by atoms with van der Waals surface area (Å²) in [6.45, 7) is 4.50. The summed E-state index contributed by atoms with van der Waals surface area (Å²) in [6, 6.07) is 15.3. The van der Waals surface area contributed by atoms with Gasteiger partial charge in [0.15, 0.2) is 5.76 Å². The molecule has 0 fully saturated rings. The highest BCUT2D eigenvalue weighted by Crippen LogP contribution is 2.14. The monoisotopic (exact) mass is 405 g/mol. The van der Waals surface area contributed by atoms with Crippen molar-refractivity contribution in [3.8, 4) is 0 Å². The number of anilines is 1. The molecule has 1 heterocycles. The van der Waals surface area contributed by atoms with Gasteiger partial charge < -0.3 is 20.4 Å². The van der Waals surface area contributed by atoms with E-state index in [1.54, 1.807) is 42.5 Å². The molecule has 7 nitrogen and oxygen atoms in total. The van der Waals surface area contributed by atoms with Crippen LogP contribution in [0.5, 0.6) is 0 Å². The standard InChI is InChI=1S/C23H23N3O4/c1-15-5-6-18(14-16(15)2)22(28)26-19-9-7-17(8-10-19)21(27)24-11-12-25-23(29)20-4-3-13-30-20/h3-10,13-14H,11-12H2,1-2H3,(H,24,27)(H,25,29)(H,26,28). The summed E-state index contributed by atoms with van der Waals surface area (Å²) in [5, 5.41) is 8.20. The lowest BCUT2D eigenvalue weighted by molar-refractivity contribution is 0.0910. The third kappa shape index (κ3) is 5.35. The van der Waals surface area contributed by atoms with Gasteiger partial charge in [0.05, 0.1) is 6.26 Å². The third-order valence-corrected chi connectivity index (χ3v) is 4.62. The summed E-state index contributed by atoms with van der Waals surface area (Å²) in [7, 11) is 0. The van der Waals surface area contributed by atoms with Gasteiger partial charge in [-0.1, -0.05) is 6.07 Å². The first-order chi connectivity index (χ1) is 14.4. The van der Waals surface area contributed by atoms with Crippen LogP contribution in [0.15, 0.2) is 65.3 Å². The van der Waals surface area contributed by atoms with Crippen molar-refractivity contribution in [2.75, 3.05) is 18.4 Å². The zero-order valence-corrected chi connectivity index (χ0v) is 16.8. The average Bonchev–Trinajstić information content (AvgIpc) is 3.28. The van der Waals surface area contributed by atoms with Gasteiger partial charge in [-0.25, -0.2) is 0 Å². The summed E-state index contributed by atoms with van der Waals surface area (Å²) in [5.74, 6) is -0.588. The molecule has 0 spiro atoms. The number of furan rings is 1. The molecule has 3 amide bonds. The van der Waals surface area contributed by atoms with Crippen LogP contribution in [0.3, 0.4) is 0 Å². The van der Waals surface area contributed by atoms with E-state index in [0.717, 1.165) is 11.1 Å². The summed E-state index contributed by atoms with van der Waals surface area (Å²) >= 11 is 0. The fourth-order valence-electron chi connectivity index (χ4n) is 2.74. The fraction of sp³-hybridized carbons (Fsp3) is 0.174. The highest BCUT2D eigenvalue weighted by Gasteiger charge is 2.10. The molecule has 0 unspecified atom stereocenters. The smallest absolute Gasteiger partial charge is 0.287 e. The summed E-state index contributed by atoms with van der Waals surface area (Å²) < 4.78 is 4.99. The minimum atomic E-state index is -0.335.